The Labute approximate surface area is 221 Å². The van der Waals surface area contributed by atoms with Gasteiger partial charge < -0.3 is 17.0 Å². The van der Waals surface area contributed by atoms with Gasteiger partial charge in [-0.3, -0.25) is 0 Å². The lowest BCUT2D eigenvalue weighted by Gasteiger charge is -2.27. The molecule has 0 nitrogen and oxygen atoms in total. The molecule has 0 bridgehead atoms. The Morgan fingerprint density at radius 1 is 0.424 bits per heavy atom. The summed E-state index contributed by atoms with van der Waals surface area (Å²) >= 11 is 3.53. The van der Waals surface area contributed by atoms with Crippen molar-refractivity contribution in [1.82, 2.24) is 0 Å². The van der Waals surface area contributed by atoms with E-state index in [9.17, 15) is 0 Å². The molecule has 0 heterocycles. The molecule has 0 N–H and O–H groups in total. The molecule has 0 aliphatic rings. The van der Waals surface area contributed by atoms with Gasteiger partial charge in [0.05, 0.1) is 6.16 Å². The van der Waals surface area contributed by atoms with E-state index in [1.54, 1.807) is 0 Å². The van der Waals surface area contributed by atoms with Gasteiger partial charge in [-0.1, -0.05) is 115 Å². The zero-order valence-electron chi connectivity index (χ0n) is 19.8. The van der Waals surface area contributed by atoms with E-state index in [1.165, 1.54) is 86.3 Å². The average Bonchev–Trinajstić information content (AvgIpc) is 2.87. The van der Waals surface area contributed by atoms with Crippen molar-refractivity contribution in [3.63, 3.8) is 0 Å². The van der Waals surface area contributed by atoms with Crippen molar-refractivity contribution in [1.29, 1.82) is 0 Å². The highest BCUT2D eigenvalue weighted by molar-refractivity contribution is 9.09. The molecule has 0 amide bonds. The first-order valence-electron chi connectivity index (χ1n) is 12.5. The molecule has 0 radical (unpaired) electrons. The fourth-order valence-corrected chi connectivity index (χ4v) is 9.55. The van der Waals surface area contributed by atoms with Crippen LogP contribution in [-0.4, -0.2) is 11.5 Å². The summed E-state index contributed by atoms with van der Waals surface area (Å²) in [7, 11) is -1.63. The van der Waals surface area contributed by atoms with Crippen LogP contribution < -0.4 is 32.9 Å². The molecule has 0 aliphatic heterocycles. The van der Waals surface area contributed by atoms with Crippen molar-refractivity contribution in [2.45, 2.75) is 64.2 Å². The molecule has 3 heteroatoms. The van der Waals surface area contributed by atoms with Crippen molar-refractivity contribution >= 4 is 39.1 Å². The second-order valence-corrected chi connectivity index (χ2v) is 13.2. The summed E-state index contributed by atoms with van der Waals surface area (Å²) in [6.45, 7) is 0. The van der Waals surface area contributed by atoms with Gasteiger partial charge in [0.1, 0.15) is 23.2 Å². The highest BCUT2D eigenvalue weighted by Crippen LogP contribution is 2.55. The Morgan fingerprint density at radius 2 is 0.727 bits per heavy atom. The molecule has 3 rings (SSSR count). The van der Waals surface area contributed by atoms with Crippen molar-refractivity contribution in [3.8, 4) is 0 Å². The lowest BCUT2D eigenvalue weighted by atomic mass is 10.1. The van der Waals surface area contributed by atoms with Crippen LogP contribution in [0.15, 0.2) is 91.0 Å². The predicted molar refractivity (Wildman–Crippen MR) is 150 cm³/mol. The summed E-state index contributed by atoms with van der Waals surface area (Å²) < 4.78 is 0. The Kier molecular flexibility index (Phi) is 14.3. The van der Waals surface area contributed by atoms with Crippen LogP contribution in [0.25, 0.3) is 0 Å². The molecule has 3 aromatic rings. The zero-order valence-corrected chi connectivity index (χ0v) is 23.9. The number of benzene rings is 3. The van der Waals surface area contributed by atoms with Crippen LogP contribution in [0, 0.1) is 0 Å². The minimum atomic E-state index is -1.63. The Bertz CT molecular complexity index is 756. The van der Waals surface area contributed by atoms with Gasteiger partial charge in [0.2, 0.25) is 0 Å². The molecular weight excluding hydrogens is 551 g/mol. The number of halogens is 2. The first kappa shape index (κ1) is 28.3. The molecule has 0 saturated heterocycles. The third kappa shape index (κ3) is 8.65. The van der Waals surface area contributed by atoms with Gasteiger partial charge in [-0.15, -0.1) is 0 Å². The van der Waals surface area contributed by atoms with Crippen molar-refractivity contribution in [3.05, 3.63) is 91.0 Å². The van der Waals surface area contributed by atoms with Crippen LogP contribution in [0.4, 0.5) is 0 Å². The smallest absolute Gasteiger partial charge is 0.112 e. The summed E-state index contributed by atoms with van der Waals surface area (Å²) in [5.41, 5.74) is 0. The van der Waals surface area contributed by atoms with Gasteiger partial charge >= 0.3 is 0 Å². The van der Waals surface area contributed by atoms with E-state index in [1.807, 2.05) is 0 Å². The number of unbranched alkanes of at least 4 members (excludes halogenated alkanes) is 9. The quantitative estimate of drug-likeness (QED) is 0.129. The molecule has 3 aromatic carbocycles. The lowest BCUT2D eigenvalue weighted by molar-refractivity contribution is -0.00000634. The maximum absolute atomic E-state index is 3.53. The lowest BCUT2D eigenvalue weighted by Crippen LogP contribution is -3.00. The van der Waals surface area contributed by atoms with E-state index in [0.29, 0.717) is 0 Å². The van der Waals surface area contributed by atoms with E-state index < -0.39 is 7.26 Å². The molecule has 178 valence electrons. The van der Waals surface area contributed by atoms with Crippen molar-refractivity contribution in [2.24, 2.45) is 0 Å². The van der Waals surface area contributed by atoms with Crippen LogP contribution in [0.5, 0.6) is 0 Å². The van der Waals surface area contributed by atoms with Crippen molar-refractivity contribution < 1.29 is 17.0 Å². The van der Waals surface area contributed by atoms with Crippen LogP contribution in [0.3, 0.4) is 0 Å². The standard InChI is InChI=1S/C30H39BrP.BrH/c31-26-18-7-5-3-1-2-4-6-8-19-27-32(28-20-12-9-13-21-28,29-22-14-10-15-23-29)30-24-16-11-17-25-30;/h9-17,20-25H,1-8,18-19,26-27H2;1H/q+1;/p-1. The molecule has 0 spiro atoms. The summed E-state index contributed by atoms with van der Waals surface area (Å²) in [4.78, 5) is 0. The molecule has 0 aromatic heterocycles. The van der Waals surface area contributed by atoms with E-state index in [2.05, 4.69) is 107 Å². The molecule has 33 heavy (non-hydrogen) atoms. The fourth-order valence-electron chi connectivity index (χ4n) is 4.74. The molecule has 0 saturated carbocycles. The van der Waals surface area contributed by atoms with Gasteiger partial charge in [0, 0.05) is 5.33 Å². The summed E-state index contributed by atoms with van der Waals surface area (Å²) in [5, 5.41) is 5.70. The molecular formula is C30H39Br2P. The maximum Gasteiger partial charge on any atom is 0.112 e. The monoisotopic (exact) mass is 588 g/mol. The third-order valence-corrected chi connectivity index (χ3v) is 11.6. The zero-order chi connectivity index (χ0) is 22.3. The van der Waals surface area contributed by atoms with E-state index in [0.717, 1.165) is 5.33 Å². The van der Waals surface area contributed by atoms with E-state index >= 15 is 0 Å². The average molecular weight is 590 g/mol. The fraction of sp³-hybridized carbons (Fsp3) is 0.400. The van der Waals surface area contributed by atoms with Gasteiger partial charge in [0.15, 0.2) is 0 Å². The van der Waals surface area contributed by atoms with Gasteiger partial charge in [-0.2, -0.15) is 0 Å². The third-order valence-electron chi connectivity index (χ3n) is 6.47. The number of alkyl halides is 1. The molecule has 0 aliphatic carbocycles. The van der Waals surface area contributed by atoms with Crippen LogP contribution >= 0.6 is 23.2 Å². The number of rotatable bonds is 15. The second kappa shape index (κ2) is 16.6. The summed E-state index contributed by atoms with van der Waals surface area (Å²) in [6, 6.07) is 33.9. The van der Waals surface area contributed by atoms with E-state index in [4.69, 9.17) is 0 Å². The number of hydrogen-bond acceptors (Lipinski definition) is 0. The maximum atomic E-state index is 3.53. The predicted octanol–water partition coefficient (Wildman–Crippen LogP) is 5.28. The highest BCUT2D eigenvalue weighted by atomic mass is 79.9. The Morgan fingerprint density at radius 3 is 1.06 bits per heavy atom. The first-order valence-corrected chi connectivity index (χ1v) is 15.6. The normalized spacial score (nSPS) is 11.2. The molecule has 0 fully saturated rings. The first-order chi connectivity index (χ1) is 15.9. The van der Waals surface area contributed by atoms with E-state index in [-0.39, 0.29) is 17.0 Å². The largest absolute Gasteiger partial charge is 1.00 e. The molecule has 0 atom stereocenters. The SMILES string of the molecule is BrCCCCCCCCCCCC[P+](c1ccccc1)(c1ccccc1)c1ccccc1.[Br-]. The van der Waals surface area contributed by atoms with Crippen LogP contribution in [0.2, 0.25) is 0 Å². The Hall–Kier alpha value is -0.950. The number of hydrogen-bond donors (Lipinski definition) is 0. The second-order valence-electron chi connectivity index (χ2n) is 8.76. The summed E-state index contributed by atoms with van der Waals surface area (Å²) in [5.74, 6) is 0. The Balaban J connectivity index is 0.00000385. The highest BCUT2D eigenvalue weighted by Gasteiger charge is 2.44. The van der Waals surface area contributed by atoms with Gasteiger partial charge in [-0.05, 0) is 55.7 Å². The van der Waals surface area contributed by atoms with Crippen LogP contribution in [0.1, 0.15) is 64.2 Å². The summed E-state index contributed by atoms with van der Waals surface area (Å²) in [6.07, 6.45) is 15.0. The topological polar surface area (TPSA) is 0 Å². The van der Waals surface area contributed by atoms with Crippen molar-refractivity contribution in [2.75, 3.05) is 11.5 Å². The molecule has 0 unspecified atom stereocenters. The minimum absolute atomic E-state index is 0. The van der Waals surface area contributed by atoms with Crippen LogP contribution in [-0.2, 0) is 0 Å². The van der Waals surface area contributed by atoms with Gasteiger partial charge in [0.25, 0.3) is 0 Å². The van der Waals surface area contributed by atoms with Gasteiger partial charge in [-0.25, -0.2) is 0 Å². The minimum Gasteiger partial charge on any atom is -1.00 e.